The fourth-order valence-corrected chi connectivity index (χ4v) is 20.9. The van der Waals surface area contributed by atoms with E-state index < -0.39 is 0 Å². The number of rotatable bonds is 7. The first-order chi connectivity index (χ1) is 67.9. The number of nitrogens with zero attached hydrogens (tertiary/aromatic N) is 15. The molecular weight excluding hydrogens is 1690 g/mol. The van der Waals surface area contributed by atoms with Crippen molar-refractivity contribution < 1.29 is 0 Å². The van der Waals surface area contributed by atoms with Crippen molar-refractivity contribution in [3.63, 3.8) is 0 Å². The first-order valence-electron chi connectivity index (χ1n) is 46.4. The van der Waals surface area contributed by atoms with Gasteiger partial charge in [0.2, 0.25) is 0 Å². The van der Waals surface area contributed by atoms with Gasteiger partial charge in [0.05, 0.1) is 136 Å². The Labute approximate surface area is 790 Å². The maximum Gasteiger partial charge on any atom is 0.112 e. The quantitative estimate of drug-likeness (QED) is 0.137. The highest BCUT2D eigenvalue weighted by molar-refractivity contribution is 6.29. The van der Waals surface area contributed by atoms with Gasteiger partial charge >= 0.3 is 0 Å². The summed E-state index contributed by atoms with van der Waals surface area (Å²) in [4.78, 5) is 76.8. The maximum absolute atomic E-state index is 5.26. The third kappa shape index (κ3) is 13.1. The lowest BCUT2D eigenvalue weighted by molar-refractivity contribution is 1.12. The molecule has 20 aromatic carbocycles. The van der Waals surface area contributed by atoms with Gasteiger partial charge in [-0.15, -0.1) is 0 Å². The van der Waals surface area contributed by atoms with Crippen molar-refractivity contribution >= 4 is 195 Å². The lowest BCUT2D eigenvalue weighted by atomic mass is 9.97. The summed E-state index contributed by atoms with van der Waals surface area (Å²) in [5, 5.41) is 27.4. The molecule has 0 aliphatic rings. The molecule has 15 nitrogen and oxygen atoms in total. The zero-order valence-corrected chi connectivity index (χ0v) is 75.9. The molecule has 0 fully saturated rings. The van der Waals surface area contributed by atoms with Crippen LogP contribution in [0.1, 0.15) is 34.2 Å². The van der Waals surface area contributed by atoms with Crippen LogP contribution < -0.4 is 0 Å². The summed E-state index contributed by atoms with van der Waals surface area (Å²) < 4.78 is 0. The lowest BCUT2D eigenvalue weighted by Gasteiger charge is -2.14. The number of hydrogen-bond donors (Lipinski definition) is 0. The monoisotopic (exact) mass is 1770 g/mol. The summed E-state index contributed by atoms with van der Waals surface area (Å²) >= 11 is 0. The molecule has 0 saturated heterocycles. The van der Waals surface area contributed by atoms with Crippen LogP contribution in [-0.4, -0.2) is 74.8 Å². The van der Waals surface area contributed by atoms with Crippen molar-refractivity contribution in [3.05, 3.63) is 404 Å². The van der Waals surface area contributed by atoms with Crippen molar-refractivity contribution in [2.75, 3.05) is 0 Å². The summed E-state index contributed by atoms with van der Waals surface area (Å²) in [6.07, 6.45) is 3.54. The summed E-state index contributed by atoms with van der Waals surface area (Å²) in [7, 11) is 0. The topological polar surface area (TPSA) is 193 Å². The van der Waals surface area contributed by atoms with E-state index in [1.165, 1.54) is 53.9 Å². The van der Waals surface area contributed by atoms with Crippen LogP contribution in [0, 0.1) is 41.5 Å². The molecule has 8 aromatic heterocycles. The van der Waals surface area contributed by atoms with Crippen LogP contribution in [-0.2, 0) is 0 Å². The predicted molar refractivity (Wildman–Crippen MR) is 568 cm³/mol. The minimum Gasteiger partial charge on any atom is -0.251 e. The Balaban J connectivity index is 0.000000107. The number of pyridine rings is 1. The molecule has 8 heterocycles. The summed E-state index contributed by atoms with van der Waals surface area (Å²) in [6.45, 7) is 12.1. The number of aryl methyl sites for hydroxylation is 6. The van der Waals surface area contributed by atoms with E-state index in [9.17, 15) is 0 Å². The van der Waals surface area contributed by atoms with E-state index in [0.717, 1.165) is 244 Å². The van der Waals surface area contributed by atoms with Crippen molar-refractivity contribution in [2.45, 2.75) is 41.5 Å². The van der Waals surface area contributed by atoms with E-state index in [4.69, 9.17) is 74.8 Å². The molecular formula is C123H79N15. The minimum atomic E-state index is 0.667. The van der Waals surface area contributed by atoms with E-state index >= 15 is 0 Å². The molecule has 0 aliphatic heterocycles. The number of benzene rings is 20. The Morgan fingerprint density at radius 3 is 0.442 bits per heavy atom. The van der Waals surface area contributed by atoms with Crippen LogP contribution in [0.4, 0.5) is 0 Å². The van der Waals surface area contributed by atoms with Crippen LogP contribution in [0.2, 0.25) is 0 Å². The SMILES string of the molecule is Cc1nc2c3ccccc3c3ccccc3c2nc1-c1ccc(-c2ccc(-c3nc4c5ccccc5c5ccccc5c4nc3C)cc2)cc1.Cc1nc2c3ccccc3c3ccccc3c2nc1-c1cccc(-c2nc3c4ccccc4c4ccccc4c3nc2C)n1.Cc1nc2c3ccccc3c3ccccc3c2nc1-c1cnc(-c2nc3c4ccccc4c4ccccc4c3nc2C)cn1. The third-order valence-corrected chi connectivity index (χ3v) is 27.4. The van der Waals surface area contributed by atoms with Gasteiger partial charge in [0.25, 0.3) is 0 Å². The van der Waals surface area contributed by atoms with Gasteiger partial charge in [-0.1, -0.05) is 346 Å². The Kier molecular flexibility index (Phi) is 18.9. The van der Waals surface area contributed by atoms with E-state index in [1.54, 1.807) is 12.4 Å². The Morgan fingerprint density at radius 2 is 0.261 bits per heavy atom. The standard InChI is InChI=1S/C46H30N4.C39H25N5.C38H24N6/c1-27-41(49-45-39-17-9-5-13-35(39)33-11-3-7-15-37(33)43(45)47-27)31-23-19-29(20-24-31)30-21-25-32(26-22-30)42-28(2)48-44-38-16-8-4-12-34(38)36-14-6-10-18-40(36)46(44)50-42;1-22-34(43-38-30-18-9-5-14-26(30)24-12-3-7-16-28(24)36(38)40-22)32-20-11-21-33(42-32)35-23(2)41-37-29-17-8-4-13-25(29)27-15-6-10-19-31(27)39(37)44-35;1-21-33(43-37-29-17-9-5-13-25(29)23-11-3-7-15-27(23)35(37)41-21)31-19-40-32(20-39-31)34-22(2)42-36-28-16-8-4-12-24(28)26-14-6-10-18-30(26)38(36)44-34/h3-26H,1-2H3;3-21H,1-2H3;3-20H,1-2H3. The summed E-state index contributed by atoms with van der Waals surface area (Å²) in [6, 6.07) is 125. The molecule has 138 heavy (non-hydrogen) atoms. The van der Waals surface area contributed by atoms with Gasteiger partial charge in [0.1, 0.15) is 34.2 Å². The average Bonchev–Trinajstić information content (AvgIpc) is 0.762. The predicted octanol–water partition coefficient (Wildman–Crippen LogP) is 30.3. The van der Waals surface area contributed by atoms with Crippen LogP contribution >= 0.6 is 0 Å². The van der Waals surface area contributed by atoms with Gasteiger partial charge in [-0.3, -0.25) is 9.97 Å². The van der Waals surface area contributed by atoms with Crippen molar-refractivity contribution in [1.82, 2.24) is 74.8 Å². The number of fused-ring (bicyclic) bond motifs is 36. The van der Waals surface area contributed by atoms with Crippen LogP contribution in [0.3, 0.4) is 0 Å². The molecule has 0 atom stereocenters. The van der Waals surface area contributed by atoms with Crippen molar-refractivity contribution in [2.24, 2.45) is 0 Å². The number of aromatic nitrogens is 15. The smallest absolute Gasteiger partial charge is 0.112 e. The molecule has 15 heteroatoms. The fraction of sp³-hybridized carbons (Fsp3) is 0.0488. The molecule has 28 rings (SSSR count). The van der Waals surface area contributed by atoms with Crippen LogP contribution in [0.15, 0.2) is 370 Å². The Morgan fingerprint density at radius 1 is 0.116 bits per heavy atom. The normalized spacial score (nSPS) is 11.8. The maximum atomic E-state index is 5.26. The van der Waals surface area contributed by atoms with Crippen LogP contribution in [0.25, 0.3) is 275 Å². The van der Waals surface area contributed by atoms with Crippen LogP contribution in [0.5, 0.6) is 0 Å². The van der Waals surface area contributed by atoms with Crippen molar-refractivity contribution in [1.29, 1.82) is 0 Å². The molecule has 0 bridgehead atoms. The largest absolute Gasteiger partial charge is 0.251 e. The average molecular weight is 1770 g/mol. The summed E-state index contributed by atoms with van der Waals surface area (Å²) in [5.74, 6) is 0. The molecule has 0 aliphatic carbocycles. The highest BCUT2D eigenvalue weighted by Crippen LogP contribution is 2.45. The minimum absolute atomic E-state index is 0.667. The van der Waals surface area contributed by atoms with Gasteiger partial charge in [-0.2, -0.15) is 0 Å². The molecule has 0 saturated carbocycles. The van der Waals surface area contributed by atoms with E-state index in [0.29, 0.717) is 11.4 Å². The molecule has 0 amide bonds. The van der Waals surface area contributed by atoms with E-state index in [-0.39, 0.29) is 0 Å². The first-order valence-corrected chi connectivity index (χ1v) is 46.4. The molecule has 0 N–H and O–H groups in total. The zero-order chi connectivity index (χ0) is 92.1. The van der Waals surface area contributed by atoms with Gasteiger partial charge in [0.15, 0.2) is 0 Å². The molecule has 0 radical (unpaired) electrons. The van der Waals surface area contributed by atoms with Gasteiger partial charge in [-0.25, -0.2) is 64.8 Å². The molecule has 0 unspecified atom stereocenters. The second kappa shape index (κ2) is 32.3. The zero-order valence-electron chi connectivity index (χ0n) is 75.9. The second-order valence-electron chi connectivity index (χ2n) is 35.5. The van der Waals surface area contributed by atoms with Gasteiger partial charge < -0.3 is 0 Å². The third-order valence-electron chi connectivity index (χ3n) is 27.4. The van der Waals surface area contributed by atoms with E-state index in [1.807, 2.05) is 58.0 Å². The molecule has 0 spiro atoms. The second-order valence-corrected chi connectivity index (χ2v) is 35.5. The Hall–Kier alpha value is -18.2. The lowest BCUT2D eigenvalue weighted by Crippen LogP contribution is -2.01. The van der Waals surface area contributed by atoms with Crippen molar-refractivity contribution in [3.8, 4) is 79.2 Å². The molecule has 646 valence electrons. The van der Waals surface area contributed by atoms with Gasteiger partial charge in [0, 0.05) is 75.8 Å². The summed E-state index contributed by atoms with van der Waals surface area (Å²) in [5.41, 5.74) is 28.0. The Bertz CT molecular complexity index is 9500. The highest BCUT2D eigenvalue weighted by Gasteiger charge is 2.25. The molecule has 28 aromatic rings. The van der Waals surface area contributed by atoms with Gasteiger partial charge in [-0.05, 0) is 129 Å². The fourth-order valence-electron chi connectivity index (χ4n) is 20.9. The number of hydrogen-bond acceptors (Lipinski definition) is 15. The highest BCUT2D eigenvalue weighted by atomic mass is 14.9. The first kappa shape index (κ1) is 80.6. The van der Waals surface area contributed by atoms with E-state index in [2.05, 4.69) is 341 Å².